The van der Waals surface area contributed by atoms with Crippen molar-refractivity contribution in [3.8, 4) is 0 Å². The van der Waals surface area contributed by atoms with Gasteiger partial charge in [0.2, 0.25) is 0 Å². The van der Waals surface area contributed by atoms with Gasteiger partial charge >= 0.3 is 0 Å². The highest BCUT2D eigenvalue weighted by Crippen LogP contribution is 2.17. The molecule has 2 nitrogen and oxygen atoms in total. The van der Waals surface area contributed by atoms with E-state index in [1.807, 2.05) is 6.07 Å². The van der Waals surface area contributed by atoms with Crippen LogP contribution >= 0.6 is 11.6 Å². The number of halogens is 2. The SMILES string of the molecule is CN(Cc1cc(F)cc(Cl)c1)CC1CCCNC1. The van der Waals surface area contributed by atoms with E-state index in [-0.39, 0.29) is 5.82 Å². The Morgan fingerprint density at radius 1 is 1.44 bits per heavy atom. The van der Waals surface area contributed by atoms with Crippen LogP contribution in [0, 0.1) is 11.7 Å². The lowest BCUT2D eigenvalue weighted by Gasteiger charge is -2.27. The highest BCUT2D eigenvalue weighted by atomic mass is 35.5. The van der Waals surface area contributed by atoms with E-state index >= 15 is 0 Å². The van der Waals surface area contributed by atoms with E-state index in [2.05, 4.69) is 17.3 Å². The molecule has 0 aromatic heterocycles. The van der Waals surface area contributed by atoms with Gasteiger partial charge in [-0.25, -0.2) is 4.39 Å². The first-order valence-corrected chi connectivity index (χ1v) is 6.85. The topological polar surface area (TPSA) is 15.3 Å². The fourth-order valence-electron chi connectivity index (χ4n) is 2.60. The van der Waals surface area contributed by atoms with Crippen molar-refractivity contribution in [3.63, 3.8) is 0 Å². The molecule has 0 radical (unpaired) electrons. The molecular weight excluding hydrogens is 251 g/mol. The third kappa shape index (κ3) is 4.23. The van der Waals surface area contributed by atoms with Crippen molar-refractivity contribution in [2.75, 3.05) is 26.7 Å². The quantitative estimate of drug-likeness (QED) is 0.905. The van der Waals surface area contributed by atoms with Crippen molar-refractivity contribution in [2.45, 2.75) is 19.4 Å². The molecule has 1 aliphatic rings. The van der Waals surface area contributed by atoms with Crippen LogP contribution in [0.5, 0.6) is 0 Å². The summed E-state index contributed by atoms with van der Waals surface area (Å²) in [6.45, 7) is 4.02. The summed E-state index contributed by atoms with van der Waals surface area (Å²) < 4.78 is 13.2. The minimum absolute atomic E-state index is 0.259. The van der Waals surface area contributed by atoms with Gasteiger partial charge in [-0.3, -0.25) is 0 Å². The van der Waals surface area contributed by atoms with Gasteiger partial charge in [0.05, 0.1) is 0 Å². The minimum atomic E-state index is -0.259. The molecule has 1 fully saturated rings. The lowest BCUT2D eigenvalue weighted by molar-refractivity contribution is 0.237. The number of piperidine rings is 1. The fourth-order valence-corrected chi connectivity index (χ4v) is 2.84. The second kappa shape index (κ2) is 6.50. The smallest absolute Gasteiger partial charge is 0.125 e. The molecule has 0 bridgehead atoms. The van der Waals surface area contributed by atoms with Gasteiger partial charge in [-0.2, -0.15) is 0 Å². The average molecular weight is 271 g/mol. The molecule has 18 heavy (non-hydrogen) atoms. The van der Waals surface area contributed by atoms with Crippen molar-refractivity contribution in [3.05, 3.63) is 34.6 Å². The van der Waals surface area contributed by atoms with Crippen LogP contribution in [0.3, 0.4) is 0 Å². The summed E-state index contributed by atoms with van der Waals surface area (Å²) in [5.74, 6) is 0.443. The largest absolute Gasteiger partial charge is 0.316 e. The third-order valence-corrected chi connectivity index (χ3v) is 3.56. The second-order valence-electron chi connectivity index (χ2n) is 5.19. The van der Waals surface area contributed by atoms with Crippen LogP contribution in [0.15, 0.2) is 18.2 Å². The van der Waals surface area contributed by atoms with E-state index in [0.717, 1.165) is 31.7 Å². The second-order valence-corrected chi connectivity index (χ2v) is 5.62. The molecule has 1 aromatic carbocycles. The zero-order chi connectivity index (χ0) is 13.0. The first-order valence-electron chi connectivity index (χ1n) is 6.48. The van der Waals surface area contributed by atoms with Gasteiger partial charge in [0, 0.05) is 18.1 Å². The van der Waals surface area contributed by atoms with Crippen molar-refractivity contribution in [1.82, 2.24) is 10.2 Å². The fraction of sp³-hybridized carbons (Fsp3) is 0.571. The first-order chi connectivity index (χ1) is 8.63. The van der Waals surface area contributed by atoms with Crippen LogP contribution in [0.4, 0.5) is 4.39 Å². The average Bonchev–Trinajstić information content (AvgIpc) is 2.28. The molecule has 100 valence electrons. The summed E-state index contributed by atoms with van der Waals surface area (Å²) in [5.41, 5.74) is 0.936. The monoisotopic (exact) mass is 270 g/mol. The maximum Gasteiger partial charge on any atom is 0.125 e. The first kappa shape index (κ1) is 13.8. The van der Waals surface area contributed by atoms with Crippen molar-refractivity contribution < 1.29 is 4.39 Å². The number of nitrogens with one attached hydrogen (secondary N) is 1. The molecule has 2 rings (SSSR count). The Morgan fingerprint density at radius 2 is 2.28 bits per heavy atom. The van der Waals surface area contributed by atoms with Gasteiger partial charge in [0.1, 0.15) is 5.82 Å². The Bertz CT molecular complexity index is 371. The van der Waals surface area contributed by atoms with Crippen LogP contribution in [0.2, 0.25) is 5.02 Å². The van der Waals surface area contributed by atoms with Gasteiger partial charge in [-0.05, 0) is 62.7 Å². The van der Waals surface area contributed by atoms with Crippen molar-refractivity contribution in [1.29, 1.82) is 0 Å². The molecule has 0 spiro atoms. The number of rotatable bonds is 4. The number of hydrogen-bond acceptors (Lipinski definition) is 2. The van der Waals surface area contributed by atoms with Gasteiger partial charge < -0.3 is 10.2 Å². The Kier molecular flexibility index (Phi) is 4.98. The van der Waals surface area contributed by atoms with Gasteiger partial charge in [0.25, 0.3) is 0 Å². The maximum atomic E-state index is 13.2. The summed E-state index contributed by atoms with van der Waals surface area (Å²) in [4.78, 5) is 2.24. The van der Waals surface area contributed by atoms with Crippen molar-refractivity contribution in [2.24, 2.45) is 5.92 Å². The minimum Gasteiger partial charge on any atom is -0.316 e. The molecule has 0 aliphatic carbocycles. The molecule has 1 atom stereocenters. The maximum absolute atomic E-state index is 13.2. The molecule has 1 aliphatic heterocycles. The van der Waals surface area contributed by atoms with Crippen LogP contribution in [0.25, 0.3) is 0 Å². The summed E-state index contributed by atoms with van der Waals surface area (Å²) in [6, 6.07) is 4.73. The Labute approximate surface area is 113 Å². The number of hydrogen-bond donors (Lipinski definition) is 1. The van der Waals surface area contributed by atoms with Crippen LogP contribution in [0.1, 0.15) is 18.4 Å². The third-order valence-electron chi connectivity index (χ3n) is 3.34. The van der Waals surface area contributed by atoms with E-state index in [1.54, 1.807) is 6.07 Å². The summed E-state index contributed by atoms with van der Waals surface area (Å²) >= 11 is 5.86. The molecule has 1 unspecified atom stereocenters. The predicted octanol–water partition coefficient (Wildman–Crippen LogP) is 2.91. The predicted molar refractivity (Wildman–Crippen MR) is 73.3 cm³/mol. The highest BCUT2D eigenvalue weighted by molar-refractivity contribution is 6.30. The zero-order valence-corrected chi connectivity index (χ0v) is 11.5. The standard InChI is InChI=1S/C14H20ClFN2/c1-18(9-11-3-2-4-17-8-11)10-12-5-13(15)7-14(16)6-12/h5-7,11,17H,2-4,8-10H2,1H3. The summed E-state index contributed by atoms with van der Waals surface area (Å²) in [6.07, 6.45) is 2.53. The lowest BCUT2D eigenvalue weighted by Crippen LogP contribution is -2.36. The zero-order valence-electron chi connectivity index (χ0n) is 10.8. The Hall–Kier alpha value is -0.640. The van der Waals surface area contributed by atoms with E-state index < -0.39 is 0 Å². The normalized spacial score (nSPS) is 20.3. The van der Waals surface area contributed by atoms with Crippen LogP contribution in [-0.2, 0) is 6.54 Å². The summed E-state index contributed by atoms with van der Waals surface area (Å²) in [5, 5.41) is 3.88. The van der Waals surface area contributed by atoms with E-state index in [0.29, 0.717) is 10.9 Å². The summed E-state index contributed by atoms with van der Waals surface area (Å²) in [7, 11) is 2.08. The molecule has 1 heterocycles. The molecular formula is C14H20ClFN2. The molecule has 4 heteroatoms. The Morgan fingerprint density at radius 3 is 2.94 bits per heavy atom. The van der Waals surface area contributed by atoms with Crippen LogP contribution in [-0.4, -0.2) is 31.6 Å². The van der Waals surface area contributed by atoms with Gasteiger partial charge in [0.15, 0.2) is 0 Å². The van der Waals surface area contributed by atoms with Gasteiger partial charge in [-0.1, -0.05) is 11.6 Å². The highest BCUT2D eigenvalue weighted by Gasteiger charge is 2.15. The van der Waals surface area contributed by atoms with Crippen molar-refractivity contribution >= 4 is 11.6 Å². The van der Waals surface area contributed by atoms with E-state index in [4.69, 9.17) is 11.6 Å². The van der Waals surface area contributed by atoms with Gasteiger partial charge in [-0.15, -0.1) is 0 Å². The van der Waals surface area contributed by atoms with E-state index in [9.17, 15) is 4.39 Å². The van der Waals surface area contributed by atoms with E-state index in [1.165, 1.54) is 18.9 Å². The van der Waals surface area contributed by atoms with Crippen LogP contribution < -0.4 is 5.32 Å². The Balaban J connectivity index is 1.87. The molecule has 1 saturated heterocycles. The molecule has 0 amide bonds. The molecule has 1 aromatic rings. The number of nitrogens with zero attached hydrogens (tertiary/aromatic N) is 1. The lowest BCUT2D eigenvalue weighted by atomic mass is 9.99. The molecule has 0 saturated carbocycles. The molecule has 1 N–H and O–H groups in total. The number of benzene rings is 1.